The molecule has 0 saturated carbocycles. The molecule has 2 aromatic rings. The molecule has 3 rings (SSSR count). The number of benzene rings is 2. The van der Waals surface area contributed by atoms with Gasteiger partial charge in [-0.25, -0.2) is 4.39 Å². The van der Waals surface area contributed by atoms with Crippen molar-refractivity contribution in [1.29, 1.82) is 0 Å². The molecule has 0 aromatic heterocycles. The van der Waals surface area contributed by atoms with Crippen molar-refractivity contribution in [2.45, 2.75) is 59.2 Å². The van der Waals surface area contributed by atoms with Crippen LogP contribution in [0.1, 0.15) is 50.3 Å². The van der Waals surface area contributed by atoms with Crippen LogP contribution in [0.5, 0.6) is 5.75 Å². The van der Waals surface area contributed by atoms with Crippen molar-refractivity contribution < 1.29 is 13.9 Å². The highest BCUT2D eigenvalue weighted by Gasteiger charge is 2.32. The lowest BCUT2D eigenvalue weighted by Gasteiger charge is -2.44. The van der Waals surface area contributed by atoms with Crippen molar-refractivity contribution in [2.24, 2.45) is 0 Å². The van der Waals surface area contributed by atoms with Gasteiger partial charge in [-0.2, -0.15) is 0 Å². The number of amides is 1. The summed E-state index contributed by atoms with van der Waals surface area (Å²) in [6, 6.07) is 13.1. The predicted octanol–water partition coefficient (Wildman–Crippen LogP) is 4.76. The molecule has 1 aliphatic rings. The first-order valence-corrected chi connectivity index (χ1v) is 10.7. The lowest BCUT2D eigenvalue weighted by Crippen LogP contribution is -2.58. The number of hydrogen-bond acceptors (Lipinski definition) is 3. The molecule has 2 atom stereocenters. The predicted molar refractivity (Wildman–Crippen MR) is 118 cm³/mol. The Morgan fingerprint density at radius 2 is 1.80 bits per heavy atom. The normalized spacial score (nSPS) is 19.9. The fourth-order valence-corrected chi connectivity index (χ4v) is 4.01. The number of aryl methyl sites for hydroxylation is 1. The van der Waals surface area contributed by atoms with Crippen molar-refractivity contribution >= 4 is 5.91 Å². The van der Waals surface area contributed by atoms with Gasteiger partial charge >= 0.3 is 0 Å². The number of piperazine rings is 1. The van der Waals surface area contributed by atoms with Gasteiger partial charge in [0.1, 0.15) is 11.6 Å². The molecule has 1 saturated heterocycles. The maximum atomic E-state index is 13.2. The van der Waals surface area contributed by atoms with Crippen molar-refractivity contribution in [3.8, 4) is 5.75 Å². The standard InChI is InChI=1S/C25H33FN2O2/c1-17(2)22-10-18(3)11-24(12-22)30-16-25(29)28-14-19(4)27(13-20(28)5)15-21-6-8-23(26)9-7-21/h6-12,17,19-20H,13-16H2,1-5H3. The maximum Gasteiger partial charge on any atom is 0.260 e. The Bertz CT molecular complexity index is 866. The molecule has 5 heteroatoms. The summed E-state index contributed by atoms with van der Waals surface area (Å²) in [5.74, 6) is 0.966. The molecule has 0 aliphatic carbocycles. The molecule has 2 unspecified atom stereocenters. The molecule has 2 aromatic carbocycles. The van der Waals surface area contributed by atoms with E-state index in [-0.39, 0.29) is 30.4 Å². The van der Waals surface area contributed by atoms with Crippen LogP contribution >= 0.6 is 0 Å². The fourth-order valence-electron chi connectivity index (χ4n) is 4.01. The van der Waals surface area contributed by atoms with Crippen LogP contribution in [0.25, 0.3) is 0 Å². The van der Waals surface area contributed by atoms with Gasteiger partial charge in [0.25, 0.3) is 5.91 Å². The summed E-state index contributed by atoms with van der Waals surface area (Å²) >= 11 is 0. The number of rotatable bonds is 6. The quantitative estimate of drug-likeness (QED) is 0.686. The van der Waals surface area contributed by atoms with E-state index in [0.29, 0.717) is 12.5 Å². The SMILES string of the molecule is Cc1cc(OCC(=O)N2CC(C)N(Cc3ccc(F)cc3)CC2C)cc(C(C)C)c1. The fraction of sp³-hybridized carbons (Fsp3) is 0.480. The zero-order valence-electron chi connectivity index (χ0n) is 18.7. The van der Waals surface area contributed by atoms with Gasteiger partial charge in [0, 0.05) is 31.7 Å². The zero-order chi connectivity index (χ0) is 21.8. The molecule has 4 nitrogen and oxygen atoms in total. The first-order valence-electron chi connectivity index (χ1n) is 10.7. The second-order valence-corrected chi connectivity index (χ2v) is 8.82. The average molecular weight is 413 g/mol. The zero-order valence-corrected chi connectivity index (χ0v) is 18.7. The molecule has 0 radical (unpaired) electrons. The van der Waals surface area contributed by atoms with Crippen molar-refractivity contribution in [1.82, 2.24) is 9.80 Å². The highest BCUT2D eigenvalue weighted by Crippen LogP contribution is 2.23. The number of hydrogen-bond donors (Lipinski definition) is 0. The third-order valence-electron chi connectivity index (χ3n) is 5.84. The third kappa shape index (κ3) is 5.60. The second kappa shape index (κ2) is 9.61. The Hall–Kier alpha value is -2.40. The van der Waals surface area contributed by atoms with E-state index >= 15 is 0 Å². The number of carbonyl (C=O) groups is 1. The molecule has 30 heavy (non-hydrogen) atoms. The molecule has 1 aliphatic heterocycles. The highest BCUT2D eigenvalue weighted by atomic mass is 19.1. The van der Waals surface area contributed by atoms with Gasteiger partial charge < -0.3 is 9.64 Å². The Kier molecular flexibility index (Phi) is 7.14. The number of ether oxygens (including phenoxy) is 1. The van der Waals surface area contributed by atoms with Gasteiger partial charge in [0.15, 0.2) is 6.61 Å². The van der Waals surface area contributed by atoms with E-state index < -0.39 is 0 Å². The van der Waals surface area contributed by atoms with Crippen LogP contribution in [0.2, 0.25) is 0 Å². The van der Waals surface area contributed by atoms with Gasteiger partial charge in [-0.1, -0.05) is 32.0 Å². The van der Waals surface area contributed by atoms with Crippen molar-refractivity contribution in [2.75, 3.05) is 19.7 Å². The molecular formula is C25H33FN2O2. The molecule has 0 spiro atoms. The van der Waals surface area contributed by atoms with Crippen molar-refractivity contribution in [3.05, 3.63) is 65.0 Å². The summed E-state index contributed by atoms with van der Waals surface area (Å²) in [6.45, 7) is 12.8. The largest absolute Gasteiger partial charge is 0.484 e. The minimum atomic E-state index is -0.218. The first kappa shape index (κ1) is 22.3. The summed E-state index contributed by atoms with van der Waals surface area (Å²) in [5, 5.41) is 0. The van der Waals surface area contributed by atoms with E-state index in [1.54, 1.807) is 0 Å². The number of carbonyl (C=O) groups excluding carboxylic acids is 1. The third-order valence-corrected chi connectivity index (χ3v) is 5.84. The summed E-state index contributed by atoms with van der Waals surface area (Å²) in [6.07, 6.45) is 0. The first-order chi connectivity index (χ1) is 14.2. The Morgan fingerprint density at radius 3 is 2.47 bits per heavy atom. The van der Waals surface area contributed by atoms with Crippen LogP contribution in [-0.2, 0) is 11.3 Å². The molecular weight excluding hydrogens is 379 g/mol. The van der Waals surface area contributed by atoms with Crippen LogP contribution < -0.4 is 4.74 Å². The smallest absolute Gasteiger partial charge is 0.260 e. The van der Waals surface area contributed by atoms with Gasteiger partial charge in [0.05, 0.1) is 0 Å². The Labute approximate surface area is 179 Å². The number of halogens is 1. The topological polar surface area (TPSA) is 32.8 Å². The van der Waals surface area contributed by atoms with Gasteiger partial charge in [-0.15, -0.1) is 0 Å². The van der Waals surface area contributed by atoms with Gasteiger partial charge in [-0.05, 0) is 67.6 Å². The average Bonchev–Trinajstić information content (AvgIpc) is 2.70. The summed E-state index contributed by atoms with van der Waals surface area (Å²) in [7, 11) is 0. The van der Waals surface area contributed by atoms with Gasteiger partial charge in [0.2, 0.25) is 0 Å². The summed E-state index contributed by atoms with van der Waals surface area (Å²) < 4.78 is 19.0. The molecule has 162 valence electrons. The summed E-state index contributed by atoms with van der Waals surface area (Å²) in [4.78, 5) is 17.1. The van der Waals surface area contributed by atoms with E-state index in [2.05, 4.69) is 38.7 Å². The van der Waals surface area contributed by atoms with Crippen LogP contribution in [0, 0.1) is 12.7 Å². The van der Waals surface area contributed by atoms with Crippen molar-refractivity contribution in [3.63, 3.8) is 0 Å². The van der Waals surface area contributed by atoms with Gasteiger partial charge in [-0.3, -0.25) is 9.69 Å². The van der Waals surface area contributed by atoms with E-state index in [4.69, 9.17) is 4.74 Å². The summed E-state index contributed by atoms with van der Waals surface area (Å²) in [5.41, 5.74) is 3.44. The number of nitrogens with zero attached hydrogens (tertiary/aromatic N) is 2. The monoisotopic (exact) mass is 412 g/mol. The van der Waals surface area contributed by atoms with Crippen LogP contribution in [0.15, 0.2) is 42.5 Å². The van der Waals surface area contributed by atoms with Crippen LogP contribution in [-0.4, -0.2) is 47.5 Å². The lowest BCUT2D eigenvalue weighted by molar-refractivity contribution is -0.139. The second-order valence-electron chi connectivity index (χ2n) is 8.82. The van der Waals surface area contributed by atoms with E-state index in [0.717, 1.165) is 30.0 Å². The molecule has 1 heterocycles. The Balaban J connectivity index is 1.58. The maximum absolute atomic E-state index is 13.2. The van der Waals surface area contributed by atoms with Crippen LogP contribution in [0.3, 0.4) is 0 Å². The lowest BCUT2D eigenvalue weighted by atomic mass is 10.0. The molecule has 1 amide bonds. The Morgan fingerprint density at radius 1 is 1.10 bits per heavy atom. The minimum Gasteiger partial charge on any atom is -0.484 e. The highest BCUT2D eigenvalue weighted by molar-refractivity contribution is 5.78. The molecule has 0 bridgehead atoms. The van der Waals surface area contributed by atoms with E-state index in [1.807, 2.05) is 36.1 Å². The molecule has 0 N–H and O–H groups in total. The van der Waals surface area contributed by atoms with E-state index in [1.165, 1.54) is 17.7 Å². The minimum absolute atomic E-state index is 0.0170. The molecule has 1 fully saturated rings. The van der Waals surface area contributed by atoms with Crippen LogP contribution in [0.4, 0.5) is 4.39 Å². The van der Waals surface area contributed by atoms with E-state index in [9.17, 15) is 9.18 Å².